The topological polar surface area (TPSA) is 58.3 Å². The molecule has 0 aliphatic carbocycles. The SMILES string of the molecule is Cc1ccc(N)cc1NC(C)(C)C(C)O. The van der Waals surface area contributed by atoms with Crippen molar-refractivity contribution < 1.29 is 5.11 Å². The van der Waals surface area contributed by atoms with E-state index < -0.39 is 6.10 Å². The van der Waals surface area contributed by atoms with E-state index in [0.717, 1.165) is 16.9 Å². The summed E-state index contributed by atoms with van der Waals surface area (Å²) in [4.78, 5) is 0. The summed E-state index contributed by atoms with van der Waals surface area (Å²) in [7, 11) is 0. The lowest BCUT2D eigenvalue weighted by atomic mass is 9.97. The van der Waals surface area contributed by atoms with Crippen molar-refractivity contribution in [3.05, 3.63) is 23.8 Å². The van der Waals surface area contributed by atoms with E-state index in [0.29, 0.717) is 0 Å². The molecule has 0 radical (unpaired) electrons. The summed E-state index contributed by atoms with van der Waals surface area (Å²) in [6.45, 7) is 7.70. The van der Waals surface area contributed by atoms with E-state index in [1.165, 1.54) is 0 Å². The number of aliphatic hydroxyl groups is 1. The molecule has 1 atom stereocenters. The number of benzene rings is 1. The van der Waals surface area contributed by atoms with Crippen molar-refractivity contribution in [2.45, 2.75) is 39.3 Å². The Balaban J connectivity index is 2.94. The van der Waals surface area contributed by atoms with Crippen LogP contribution < -0.4 is 11.1 Å². The molecule has 1 unspecified atom stereocenters. The fourth-order valence-electron chi connectivity index (χ4n) is 1.23. The minimum absolute atomic E-state index is 0.363. The Bertz CT molecular complexity index is 345. The summed E-state index contributed by atoms with van der Waals surface area (Å²) in [6, 6.07) is 5.73. The van der Waals surface area contributed by atoms with Crippen molar-refractivity contribution in [2.75, 3.05) is 11.1 Å². The lowest BCUT2D eigenvalue weighted by molar-refractivity contribution is 0.133. The summed E-state index contributed by atoms with van der Waals surface area (Å²) in [5.41, 5.74) is 8.18. The van der Waals surface area contributed by atoms with Gasteiger partial charge in [0.15, 0.2) is 0 Å². The van der Waals surface area contributed by atoms with E-state index in [-0.39, 0.29) is 5.54 Å². The lowest BCUT2D eigenvalue weighted by Gasteiger charge is -2.31. The van der Waals surface area contributed by atoms with Crippen molar-refractivity contribution in [1.29, 1.82) is 0 Å². The van der Waals surface area contributed by atoms with Crippen LogP contribution in [0.15, 0.2) is 18.2 Å². The molecule has 3 heteroatoms. The maximum Gasteiger partial charge on any atom is 0.0736 e. The number of hydrogen-bond donors (Lipinski definition) is 3. The summed E-state index contributed by atoms with van der Waals surface area (Å²) in [5.74, 6) is 0. The molecule has 0 aromatic heterocycles. The van der Waals surface area contributed by atoms with Gasteiger partial charge in [0.25, 0.3) is 0 Å². The molecule has 0 saturated heterocycles. The van der Waals surface area contributed by atoms with Crippen molar-refractivity contribution in [1.82, 2.24) is 0 Å². The molecule has 0 spiro atoms. The standard InChI is InChI=1S/C12H20N2O/c1-8-5-6-10(13)7-11(8)14-12(3,4)9(2)15/h5-7,9,14-15H,13H2,1-4H3. The third kappa shape index (κ3) is 2.86. The number of nitrogen functional groups attached to an aromatic ring is 1. The summed E-state index contributed by atoms with van der Waals surface area (Å²) in [6.07, 6.45) is -0.432. The minimum Gasteiger partial charge on any atom is -0.399 e. The van der Waals surface area contributed by atoms with Gasteiger partial charge in [-0.1, -0.05) is 6.07 Å². The molecular weight excluding hydrogens is 188 g/mol. The zero-order chi connectivity index (χ0) is 11.6. The van der Waals surface area contributed by atoms with Crippen molar-refractivity contribution in [2.24, 2.45) is 0 Å². The highest BCUT2D eigenvalue weighted by Crippen LogP contribution is 2.23. The van der Waals surface area contributed by atoms with Crippen LogP contribution in [0.25, 0.3) is 0 Å². The Kier molecular flexibility index (Phi) is 3.25. The van der Waals surface area contributed by atoms with Gasteiger partial charge in [0, 0.05) is 11.4 Å². The highest BCUT2D eigenvalue weighted by atomic mass is 16.3. The smallest absolute Gasteiger partial charge is 0.0736 e. The van der Waals surface area contributed by atoms with Gasteiger partial charge in [0.2, 0.25) is 0 Å². The number of hydrogen-bond acceptors (Lipinski definition) is 3. The summed E-state index contributed by atoms with van der Waals surface area (Å²) < 4.78 is 0. The molecule has 1 aromatic carbocycles. The van der Waals surface area contributed by atoms with Crippen LogP contribution >= 0.6 is 0 Å². The van der Waals surface area contributed by atoms with Gasteiger partial charge >= 0.3 is 0 Å². The van der Waals surface area contributed by atoms with Gasteiger partial charge in [-0.05, 0) is 45.4 Å². The summed E-state index contributed by atoms with van der Waals surface area (Å²) in [5, 5.41) is 12.9. The number of rotatable bonds is 3. The van der Waals surface area contributed by atoms with Gasteiger partial charge in [-0.2, -0.15) is 0 Å². The van der Waals surface area contributed by atoms with Crippen LogP contribution in [-0.2, 0) is 0 Å². The molecule has 3 nitrogen and oxygen atoms in total. The van der Waals surface area contributed by atoms with Crippen LogP contribution in [0, 0.1) is 6.92 Å². The van der Waals surface area contributed by atoms with Crippen molar-refractivity contribution in [3.63, 3.8) is 0 Å². The van der Waals surface area contributed by atoms with E-state index in [9.17, 15) is 5.11 Å². The third-order valence-electron chi connectivity index (χ3n) is 2.76. The monoisotopic (exact) mass is 208 g/mol. The Hall–Kier alpha value is -1.22. The van der Waals surface area contributed by atoms with Gasteiger partial charge in [-0.15, -0.1) is 0 Å². The lowest BCUT2D eigenvalue weighted by Crippen LogP contribution is -2.42. The van der Waals surface area contributed by atoms with Gasteiger partial charge < -0.3 is 16.2 Å². The second kappa shape index (κ2) is 4.11. The summed E-state index contributed by atoms with van der Waals surface area (Å²) >= 11 is 0. The number of nitrogens with two attached hydrogens (primary N) is 1. The zero-order valence-electron chi connectivity index (χ0n) is 9.83. The molecule has 0 fully saturated rings. The average molecular weight is 208 g/mol. The first-order valence-electron chi connectivity index (χ1n) is 5.15. The quantitative estimate of drug-likeness (QED) is 0.667. The first kappa shape index (κ1) is 11.9. The van der Waals surface area contributed by atoms with E-state index >= 15 is 0 Å². The average Bonchev–Trinajstić information content (AvgIpc) is 2.10. The van der Waals surface area contributed by atoms with Gasteiger partial charge in [-0.3, -0.25) is 0 Å². The zero-order valence-corrected chi connectivity index (χ0v) is 9.83. The molecule has 0 bridgehead atoms. The Labute approximate surface area is 91.3 Å². The maximum absolute atomic E-state index is 9.61. The molecule has 0 amide bonds. The van der Waals surface area contributed by atoms with E-state index in [2.05, 4.69) is 5.32 Å². The Morgan fingerprint density at radius 1 is 1.40 bits per heavy atom. The van der Waals surface area contributed by atoms with Gasteiger partial charge in [-0.25, -0.2) is 0 Å². The fourth-order valence-corrected chi connectivity index (χ4v) is 1.23. The number of aryl methyl sites for hydroxylation is 1. The van der Waals surface area contributed by atoms with Crippen LogP contribution in [0.4, 0.5) is 11.4 Å². The number of aliphatic hydroxyl groups excluding tert-OH is 1. The Morgan fingerprint density at radius 2 is 2.00 bits per heavy atom. The van der Waals surface area contributed by atoms with Crippen molar-refractivity contribution >= 4 is 11.4 Å². The molecule has 4 N–H and O–H groups in total. The molecule has 0 aliphatic heterocycles. The largest absolute Gasteiger partial charge is 0.399 e. The molecule has 15 heavy (non-hydrogen) atoms. The van der Waals surface area contributed by atoms with Crippen LogP contribution in [0.5, 0.6) is 0 Å². The normalized spacial score (nSPS) is 13.7. The van der Waals surface area contributed by atoms with E-state index in [4.69, 9.17) is 5.73 Å². The highest BCUT2D eigenvalue weighted by molar-refractivity contribution is 5.60. The second-order valence-electron chi connectivity index (χ2n) is 4.60. The van der Waals surface area contributed by atoms with Crippen LogP contribution in [0.2, 0.25) is 0 Å². The molecule has 1 aromatic rings. The molecule has 84 valence electrons. The predicted octanol–water partition coefficient (Wildman–Crippen LogP) is 2.15. The molecular formula is C12H20N2O. The van der Waals surface area contributed by atoms with Crippen LogP contribution in [-0.4, -0.2) is 16.7 Å². The third-order valence-corrected chi connectivity index (χ3v) is 2.76. The molecule has 1 rings (SSSR count). The maximum atomic E-state index is 9.61. The minimum atomic E-state index is -0.432. The second-order valence-corrected chi connectivity index (χ2v) is 4.60. The van der Waals surface area contributed by atoms with Gasteiger partial charge in [0.1, 0.15) is 0 Å². The Morgan fingerprint density at radius 3 is 2.53 bits per heavy atom. The van der Waals surface area contributed by atoms with E-state index in [1.54, 1.807) is 6.92 Å². The predicted molar refractivity (Wildman–Crippen MR) is 65.0 cm³/mol. The molecule has 0 aliphatic rings. The van der Waals surface area contributed by atoms with Gasteiger partial charge in [0.05, 0.1) is 11.6 Å². The first-order chi connectivity index (χ1) is 6.83. The number of anilines is 2. The van der Waals surface area contributed by atoms with Crippen molar-refractivity contribution in [3.8, 4) is 0 Å². The number of nitrogens with one attached hydrogen (secondary N) is 1. The van der Waals surface area contributed by atoms with Crippen LogP contribution in [0.1, 0.15) is 26.3 Å². The highest BCUT2D eigenvalue weighted by Gasteiger charge is 2.24. The van der Waals surface area contributed by atoms with E-state index in [1.807, 2.05) is 39.0 Å². The first-order valence-corrected chi connectivity index (χ1v) is 5.15. The van der Waals surface area contributed by atoms with Crippen LogP contribution in [0.3, 0.4) is 0 Å². The molecule has 0 saturated carbocycles. The fraction of sp³-hybridized carbons (Fsp3) is 0.500. The molecule has 0 heterocycles.